The van der Waals surface area contributed by atoms with Gasteiger partial charge in [0.15, 0.2) is 0 Å². The van der Waals surface area contributed by atoms with Gasteiger partial charge >= 0.3 is 6.03 Å². The van der Waals surface area contributed by atoms with E-state index in [1.165, 1.54) is 22.3 Å². The summed E-state index contributed by atoms with van der Waals surface area (Å²) in [5.74, 6) is 0. The Kier molecular flexibility index (Phi) is 6.06. The third kappa shape index (κ3) is 4.43. The molecule has 6 heteroatoms. The Labute approximate surface area is 165 Å². The number of rotatable bonds is 6. The van der Waals surface area contributed by atoms with Gasteiger partial charge in [0.2, 0.25) is 0 Å². The van der Waals surface area contributed by atoms with Crippen LogP contribution in [-0.2, 0) is 36.7 Å². The highest BCUT2D eigenvalue weighted by atomic mass is 32.2. The van der Waals surface area contributed by atoms with Crippen LogP contribution in [0, 0.1) is 0 Å². The van der Waals surface area contributed by atoms with E-state index in [1.54, 1.807) is 5.41 Å². The maximum atomic E-state index is 12.5. The zero-order valence-electron chi connectivity index (χ0n) is 16.9. The number of carbonyl (C=O) groups is 1. The minimum atomic E-state index is -1.55. The van der Waals surface area contributed by atoms with Crippen molar-refractivity contribution in [3.63, 3.8) is 0 Å². The van der Waals surface area contributed by atoms with E-state index in [2.05, 4.69) is 41.8 Å². The summed E-state index contributed by atoms with van der Waals surface area (Å²) < 4.78 is 14.9. The first-order valence-corrected chi connectivity index (χ1v) is 11.1. The summed E-state index contributed by atoms with van der Waals surface area (Å²) in [5.41, 5.74) is 6.05. The minimum Gasteiger partial charge on any atom is -0.307 e. The summed E-state index contributed by atoms with van der Waals surface area (Å²) >= 11 is 0. The van der Waals surface area contributed by atoms with Crippen LogP contribution in [0.25, 0.3) is 0 Å². The molecule has 0 aliphatic heterocycles. The number of hydrogen-bond acceptors (Lipinski definition) is 3. The Morgan fingerprint density at radius 2 is 1.78 bits per heavy atom. The molecule has 2 aliphatic carbocycles. The maximum absolute atomic E-state index is 12.5. The SMILES string of the molecule is CCN(C)C(C)(C)/C=C/S(=O)NC(=O)Nc1c2c(cc3c1CCC3)CCC2. The Morgan fingerprint density at radius 1 is 1.19 bits per heavy atom. The zero-order chi connectivity index (χ0) is 19.6. The number of carbonyl (C=O) groups excluding carboxylic acids is 1. The lowest BCUT2D eigenvalue weighted by molar-refractivity contribution is 0.215. The van der Waals surface area contributed by atoms with Gasteiger partial charge in [-0.05, 0) is 88.2 Å². The molecular formula is C21H31N3O2S. The highest BCUT2D eigenvalue weighted by Crippen LogP contribution is 2.38. The van der Waals surface area contributed by atoms with Gasteiger partial charge in [0.05, 0.1) is 0 Å². The molecule has 27 heavy (non-hydrogen) atoms. The fourth-order valence-electron chi connectivity index (χ4n) is 3.99. The zero-order valence-corrected chi connectivity index (χ0v) is 17.7. The Balaban J connectivity index is 1.68. The topological polar surface area (TPSA) is 61.4 Å². The molecule has 0 bridgehead atoms. The van der Waals surface area contributed by atoms with Crippen molar-refractivity contribution in [3.8, 4) is 0 Å². The van der Waals surface area contributed by atoms with E-state index in [0.717, 1.165) is 50.8 Å². The molecule has 2 aliphatic rings. The molecule has 0 saturated heterocycles. The summed E-state index contributed by atoms with van der Waals surface area (Å²) in [6, 6.07) is 1.94. The van der Waals surface area contributed by atoms with Crippen molar-refractivity contribution in [2.24, 2.45) is 0 Å². The van der Waals surface area contributed by atoms with Gasteiger partial charge < -0.3 is 5.32 Å². The molecule has 2 amide bonds. The molecule has 3 rings (SSSR count). The number of nitrogens with zero attached hydrogens (tertiary/aromatic N) is 1. The van der Waals surface area contributed by atoms with E-state index in [0.29, 0.717) is 0 Å². The van der Waals surface area contributed by atoms with Crippen LogP contribution < -0.4 is 10.0 Å². The molecule has 0 saturated carbocycles. The molecule has 0 heterocycles. The number of aryl methyl sites for hydroxylation is 2. The predicted molar refractivity (Wildman–Crippen MR) is 112 cm³/mol. The number of fused-ring (bicyclic) bond motifs is 2. The van der Waals surface area contributed by atoms with Crippen LogP contribution >= 0.6 is 0 Å². The average Bonchev–Trinajstić information content (AvgIpc) is 3.28. The second-order valence-corrected chi connectivity index (χ2v) is 9.13. The van der Waals surface area contributed by atoms with Crippen molar-refractivity contribution in [1.82, 2.24) is 9.62 Å². The monoisotopic (exact) mass is 389 g/mol. The number of urea groups is 1. The van der Waals surface area contributed by atoms with Gasteiger partial charge in [0, 0.05) is 16.6 Å². The van der Waals surface area contributed by atoms with E-state index >= 15 is 0 Å². The number of nitrogens with one attached hydrogen (secondary N) is 2. The molecule has 5 nitrogen and oxygen atoms in total. The molecule has 0 radical (unpaired) electrons. The van der Waals surface area contributed by atoms with Crippen molar-refractivity contribution in [1.29, 1.82) is 0 Å². The first kappa shape index (κ1) is 20.1. The standard InChI is InChI=1S/C21H31N3O2S/c1-5-24(4)21(2,3)12-13-27(26)23-20(25)22-19-17-10-6-8-15(17)14-16-9-7-11-18(16)19/h12-14H,5-11H2,1-4H3,(H2,22,23,25)/b13-12+. The summed E-state index contributed by atoms with van der Waals surface area (Å²) in [6.45, 7) is 7.08. The van der Waals surface area contributed by atoms with Gasteiger partial charge in [-0.15, -0.1) is 0 Å². The van der Waals surface area contributed by atoms with Crippen molar-refractivity contribution in [2.75, 3.05) is 18.9 Å². The predicted octanol–water partition coefficient (Wildman–Crippen LogP) is 3.69. The molecule has 2 N–H and O–H groups in total. The fourth-order valence-corrected chi connectivity index (χ4v) is 4.75. The fraction of sp³-hybridized carbons (Fsp3) is 0.571. The molecule has 1 aromatic carbocycles. The smallest absolute Gasteiger partial charge is 0.307 e. The van der Waals surface area contributed by atoms with Crippen LogP contribution in [0.5, 0.6) is 0 Å². The second kappa shape index (κ2) is 8.15. The van der Waals surface area contributed by atoms with Gasteiger partial charge in [0.25, 0.3) is 0 Å². The average molecular weight is 390 g/mol. The third-order valence-electron chi connectivity index (χ3n) is 5.96. The number of anilines is 1. The molecule has 1 unspecified atom stereocenters. The van der Waals surface area contributed by atoms with Gasteiger partial charge in [-0.25, -0.2) is 9.00 Å². The lowest BCUT2D eigenvalue weighted by Crippen LogP contribution is -2.39. The lowest BCUT2D eigenvalue weighted by atomic mass is 9.99. The maximum Gasteiger partial charge on any atom is 0.331 e. The van der Waals surface area contributed by atoms with Crippen molar-refractivity contribution >= 4 is 22.7 Å². The summed E-state index contributed by atoms with van der Waals surface area (Å²) in [6.07, 6.45) is 8.37. The van der Waals surface area contributed by atoms with Crippen molar-refractivity contribution < 1.29 is 9.00 Å². The van der Waals surface area contributed by atoms with E-state index in [1.807, 2.05) is 13.1 Å². The number of benzene rings is 1. The second-order valence-electron chi connectivity index (χ2n) is 8.06. The Bertz CT molecular complexity index is 754. The van der Waals surface area contributed by atoms with Crippen LogP contribution in [0.2, 0.25) is 0 Å². The van der Waals surface area contributed by atoms with E-state index in [9.17, 15) is 9.00 Å². The summed E-state index contributed by atoms with van der Waals surface area (Å²) in [7, 11) is 0.463. The molecule has 1 atom stereocenters. The number of hydrogen-bond donors (Lipinski definition) is 2. The quantitative estimate of drug-likeness (QED) is 0.780. The molecule has 148 valence electrons. The third-order valence-corrected chi connectivity index (χ3v) is 6.73. The lowest BCUT2D eigenvalue weighted by Gasteiger charge is -2.31. The van der Waals surface area contributed by atoms with E-state index < -0.39 is 17.0 Å². The Morgan fingerprint density at radius 3 is 2.33 bits per heavy atom. The largest absolute Gasteiger partial charge is 0.331 e. The van der Waals surface area contributed by atoms with Crippen LogP contribution in [0.15, 0.2) is 17.6 Å². The molecule has 1 aromatic rings. The van der Waals surface area contributed by atoms with Crippen molar-refractivity contribution in [2.45, 2.75) is 64.8 Å². The van der Waals surface area contributed by atoms with Crippen molar-refractivity contribution in [3.05, 3.63) is 39.8 Å². The molecule has 0 spiro atoms. The summed E-state index contributed by atoms with van der Waals surface area (Å²) in [4.78, 5) is 14.6. The number of amides is 2. The highest BCUT2D eigenvalue weighted by Gasteiger charge is 2.25. The van der Waals surface area contributed by atoms with Gasteiger partial charge in [0.1, 0.15) is 11.0 Å². The van der Waals surface area contributed by atoms with Crippen LogP contribution in [0.1, 0.15) is 55.9 Å². The van der Waals surface area contributed by atoms with Crippen LogP contribution in [0.3, 0.4) is 0 Å². The molecular weight excluding hydrogens is 358 g/mol. The minimum absolute atomic E-state index is 0.219. The summed E-state index contributed by atoms with van der Waals surface area (Å²) in [5, 5.41) is 4.58. The van der Waals surface area contributed by atoms with E-state index in [-0.39, 0.29) is 5.54 Å². The Hall–Kier alpha value is -1.66. The first-order valence-electron chi connectivity index (χ1n) is 9.87. The van der Waals surface area contributed by atoms with Gasteiger partial charge in [-0.2, -0.15) is 0 Å². The molecule has 0 aromatic heterocycles. The van der Waals surface area contributed by atoms with E-state index in [4.69, 9.17) is 0 Å². The normalized spacial score (nSPS) is 17.2. The number of likely N-dealkylation sites (N-methyl/N-ethyl adjacent to an activating group) is 1. The van der Waals surface area contributed by atoms with Crippen LogP contribution in [0.4, 0.5) is 10.5 Å². The van der Waals surface area contributed by atoms with Gasteiger partial charge in [-0.3, -0.25) is 9.62 Å². The van der Waals surface area contributed by atoms with Gasteiger partial charge in [-0.1, -0.05) is 19.1 Å². The van der Waals surface area contributed by atoms with Crippen LogP contribution in [-0.4, -0.2) is 34.3 Å². The highest BCUT2D eigenvalue weighted by molar-refractivity contribution is 7.86. The molecule has 0 fully saturated rings. The first-order chi connectivity index (χ1) is 12.8.